The Morgan fingerprint density at radius 3 is 2.85 bits per heavy atom. The van der Waals surface area contributed by atoms with Gasteiger partial charge in [-0.05, 0) is 24.6 Å². The molecule has 6 nitrogen and oxygen atoms in total. The summed E-state index contributed by atoms with van der Waals surface area (Å²) in [6.45, 7) is 3.26. The minimum Gasteiger partial charge on any atom is -0.439 e. The molecule has 0 unspecified atom stereocenters. The maximum Gasteiger partial charge on any atom is 0.226 e. The SMILES string of the molecule is CCNc1cc(Oc2cccc(COC)c2)nc(N)n1. The first-order valence-corrected chi connectivity index (χ1v) is 6.35. The molecule has 0 saturated carbocycles. The van der Waals surface area contributed by atoms with Crippen LogP contribution in [0.25, 0.3) is 0 Å². The van der Waals surface area contributed by atoms with Crippen LogP contribution in [0.4, 0.5) is 11.8 Å². The lowest BCUT2D eigenvalue weighted by atomic mass is 10.2. The number of anilines is 2. The van der Waals surface area contributed by atoms with Gasteiger partial charge in [0.15, 0.2) is 0 Å². The van der Waals surface area contributed by atoms with Gasteiger partial charge in [0.1, 0.15) is 11.6 Å². The molecule has 20 heavy (non-hydrogen) atoms. The molecule has 2 aromatic rings. The summed E-state index contributed by atoms with van der Waals surface area (Å²) in [5.74, 6) is 1.90. The maximum atomic E-state index is 5.71. The first-order chi connectivity index (χ1) is 9.71. The van der Waals surface area contributed by atoms with Gasteiger partial charge in [-0.2, -0.15) is 9.97 Å². The number of rotatable bonds is 6. The Morgan fingerprint density at radius 2 is 2.10 bits per heavy atom. The van der Waals surface area contributed by atoms with Crippen molar-refractivity contribution in [2.24, 2.45) is 0 Å². The molecule has 0 spiro atoms. The molecule has 0 saturated heterocycles. The summed E-state index contributed by atoms with van der Waals surface area (Å²) >= 11 is 0. The van der Waals surface area contributed by atoms with Crippen LogP contribution in [0.15, 0.2) is 30.3 Å². The molecule has 6 heteroatoms. The van der Waals surface area contributed by atoms with Crippen molar-refractivity contribution in [3.63, 3.8) is 0 Å². The van der Waals surface area contributed by atoms with Gasteiger partial charge in [0.2, 0.25) is 11.8 Å². The normalized spacial score (nSPS) is 10.3. The molecule has 0 aliphatic carbocycles. The average Bonchev–Trinajstić information content (AvgIpc) is 2.39. The first kappa shape index (κ1) is 14.1. The van der Waals surface area contributed by atoms with Crippen molar-refractivity contribution in [3.8, 4) is 11.6 Å². The van der Waals surface area contributed by atoms with E-state index in [0.29, 0.717) is 24.1 Å². The van der Waals surface area contributed by atoms with Crippen LogP contribution in [0.1, 0.15) is 12.5 Å². The van der Waals surface area contributed by atoms with Gasteiger partial charge in [-0.25, -0.2) is 0 Å². The zero-order valence-corrected chi connectivity index (χ0v) is 11.6. The number of nitrogens with zero attached hydrogens (tertiary/aromatic N) is 2. The van der Waals surface area contributed by atoms with Crippen LogP contribution in [-0.2, 0) is 11.3 Å². The number of nitrogens with one attached hydrogen (secondary N) is 1. The van der Waals surface area contributed by atoms with Crippen LogP contribution in [0.2, 0.25) is 0 Å². The van der Waals surface area contributed by atoms with Crippen molar-refractivity contribution < 1.29 is 9.47 Å². The van der Waals surface area contributed by atoms with Crippen molar-refractivity contribution in [3.05, 3.63) is 35.9 Å². The molecule has 0 aliphatic rings. The quantitative estimate of drug-likeness (QED) is 0.841. The largest absolute Gasteiger partial charge is 0.439 e. The lowest BCUT2D eigenvalue weighted by Gasteiger charge is -2.09. The van der Waals surface area contributed by atoms with E-state index in [2.05, 4.69) is 15.3 Å². The molecule has 0 atom stereocenters. The molecule has 106 valence electrons. The fraction of sp³-hybridized carbons (Fsp3) is 0.286. The van der Waals surface area contributed by atoms with Crippen molar-refractivity contribution >= 4 is 11.8 Å². The molecule has 1 aromatic heterocycles. The van der Waals surface area contributed by atoms with Crippen LogP contribution >= 0.6 is 0 Å². The third-order valence-corrected chi connectivity index (χ3v) is 2.51. The van der Waals surface area contributed by atoms with Gasteiger partial charge in [-0.15, -0.1) is 0 Å². The van der Waals surface area contributed by atoms with Crippen molar-refractivity contribution in [1.82, 2.24) is 9.97 Å². The smallest absolute Gasteiger partial charge is 0.226 e. The second kappa shape index (κ2) is 6.72. The van der Waals surface area contributed by atoms with Crippen LogP contribution < -0.4 is 15.8 Å². The summed E-state index contributed by atoms with van der Waals surface area (Å²) in [5.41, 5.74) is 6.69. The van der Waals surface area contributed by atoms with E-state index >= 15 is 0 Å². The predicted molar refractivity (Wildman–Crippen MR) is 77.8 cm³/mol. The Morgan fingerprint density at radius 1 is 1.25 bits per heavy atom. The van der Waals surface area contributed by atoms with Gasteiger partial charge in [0.25, 0.3) is 0 Å². The van der Waals surface area contributed by atoms with E-state index in [1.54, 1.807) is 13.2 Å². The Bertz CT molecular complexity index is 575. The lowest BCUT2D eigenvalue weighted by Crippen LogP contribution is -2.04. The lowest BCUT2D eigenvalue weighted by molar-refractivity contribution is 0.184. The van der Waals surface area contributed by atoms with E-state index in [0.717, 1.165) is 12.1 Å². The summed E-state index contributed by atoms with van der Waals surface area (Å²) in [6.07, 6.45) is 0. The molecule has 0 amide bonds. The van der Waals surface area contributed by atoms with Crippen LogP contribution in [0, 0.1) is 0 Å². The Labute approximate surface area is 118 Å². The second-order valence-electron chi connectivity index (χ2n) is 4.16. The van der Waals surface area contributed by atoms with E-state index in [4.69, 9.17) is 15.2 Å². The Kier molecular flexibility index (Phi) is 4.73. The number of hydrogen-bond donors (Lipinski definition) is 2. The topological polar surface area (TPSA) is 82.3 Å². The molecule has 1 aromatic carbocycles. The number of benzene rings is 1. The van der Waals surface area contributed by atoms with E-state index < -0.39 is 0 Å². The molecule has 0 radical (unpaired) electrons. The molecule has 0 bridgehead atoms. The molecular formula is C14H18N4O2. The third-order valence-electron chi connectivity index (χ3n) is 2.51. The Hall–Kier alpha value is -2.34. The van der Waals surface area contributed by atoms with E-state index in [9.17, 15) is 0 Å². The number of hydrogen-bond acceptors (Lipinski definition) is 6. The minimum atomic E-state index is 0.173. The van der Waals surface area contributed by atoms with Crippen LogP contribution in [0.3, 0.4) is 0 Å². The van der Waals surface area contributed by atoms with Crippen LogP contribution in [-0.4, -0.2) is 23.6 Å². The van der Waals surface area contributed by atoms with E-state index in [1.807, 2.05) is 31.2 Å². The molecule has 3 N–H and O–H groups in total. The van der Waals surface area contributed by atoms with E-state index in [-0.39, 0.29) is 5.95 Å². The zero-order chi connectivity index (χ0) is 14.4. The standard InChI is InChI=1S/C14H18N4O2/c1-3-16-12-8-13(18-14(15)17-12)20-11-6-4-5-10(7-11)9-19-2/h4-8H,3,9H2,1-2H3,(H3,15,16,17,18). The summed E-state index contributed by atoms with van der Waals surface area (Å²) in [7, 11) is 1.65. The van der Waals surface area contributed by atoms with Gasteiger partial charge in [-0.3, -0.25) is 0 Å². The average molecular weight is 274 g/mol. The zero-order valence-electron chi connectivity index (χ0n) is 11.6. The first-order valence-electron chi connectivity index (χ1n) is 6.35. The van der Waals surface area contributed by atoms with E-state index in [1.165, 1.54) is 0 Å². The van der Waals surface area contributed by atoms with Crippen molar-refractivity contribution in [2.45, 2.75) is 13.5 Å². The van der Waals surface area contributed by atoms with Gasteiger partial charge in [-0.1, -0.05) is 12.1 Å². The second-order valence-corrected chi connectivity index (χ2v) is 4.16. The predicted octanol–water partition coefficient (Wildman–Crippen LogP) is 2.43. The summed E-state index contributed by atoms with van der Waals surface area (Å²) in [4.78, 5) is 8.13. The fourth-order valence-electron chi connectivity index (χ4n) is 1.75. The molecule has 2 rings (SSSR count). The van der Waals surface area contributed by atoms with Crippen LogP contribution in [0.5, 0.6) is 11.6 Å². The van der Waals surface area contributed by atoms with Gasteiger partial charge < -0.3 is 20.5 Å². The highest BCUT2D eigenvalue weighted by Gasteiger charge is 2.05. The fourth-order valence-corrected chi connectivity index (χ4v) is 1.75. The number of nitrogens with two attached hydrogens (primary N) is 1. The summed E-state index contributed by atoms with van der Waals surface area (Å²) < 4.78 is 10.8. The number of nitrogen functional groups attached to an aromatic ring is 1. The third kappa shape index (κ3) is 3.83. The highest BCUT2D eigenvalue weighted by atomic mass is 16.5. The maximum absolute atomic E-state index is 5.71. The molecular weight excluding hydrogens is 256 g/mol. The van der Waals surface area contributed by atoms with Gasteiger partial charge in [0.05, 0.1) is 6.61 Å². The minimum absolute atomic E-state index is 0.173. The van der Waals surface area contributed by atoms with Crippen molar-refractivity contribution in [2.75, 3.05) is 24.7 Å². The Balaban J connectivity index is 2.18. The van der Waals surface area contributed by atoms with Gasteiger partial charge >= 0.3 is 0 Å². The molecule has 0 fully saturated rings. The summed E-state index contributed by atoms with van der Waals surface area (Å²) in [5, 5.41) is 3.08. The van der Waals surface area contributed by atoms with Crippen molar-refractivity contribution in [1.29, 1.82) is 0 Å². The number of ether oxygens (including phenoxy) is 2. The molecule has 0 aliphatic heterocycles. The monoisotopic (exact) mass is 274 g/mol. The number of aromatic nitrogens is 2. The molecule has 1 heterocycles. The number of methoxy groups -OCH3 is 1. The summed E-state index contributed by atoms with van der Waals surface area (Å²) in [6, 6.07) is 9.33. The highest BCUT2D eigenvalue weighted by Crippen LogP contribution is 2.23. The highest BCUT2D eigenvalue weighted by molar-refractivity contribution is 5.44. The van der Waals surface area contributed by atoms with Gasteiger partial charge in [0, 0.05) is 19.7 Å².